The lowest BCUT2D eigenvalue weighted by Crippen LogP contribution is -2.05. The second-order valence-corrected chi connectivity index (χ2v) is 5.15. The minimum Gasteiger partial charge on any atom is -0.481 e. The van der Waals surface area contributed by atoms with Crippen molar-refractivity contribution in [3.63, 3.8) is 0 Å². The van der Waals surface area contributed by atoms with E-state index in [1.807, 2.05) is 0 Å². The molecule has 1 aromatic rings. The number of carbonyl (C=O) groups is 1. The second-order valence-electron chi connectivity index (χ2n) is 3.42. The maximum atomic E-state index is 11.2. The number of aliphatic carboxylic acids is 1. The Morgan fingerprint density at radius 1 is 1.47 bits per heavy atom. The van der Waals surface area contributed by atoms with Gasteiger partial charge in [-0.05, 0) is 17.2 Å². The predicted octanol–water partition coefficient (Wildman–Crippen LogP) is 0.569. The average Bonchev–Trinajstić information content (AvgIpc) is 2.36. The fraction of sp³-hybridized carbons (Fsp3) is 0.222. The summed E-state index contributed by atoms with van der Waals surface area (Å²) in [6, 6.07) is 4.82. The molecule has 5 nitrogen and oxygen atoms in total. The summed E-state index contributed by atoms with van der Waals surface area (Å²) >= 11 is 0. The largest absolute Gasteiger partial charge is 0.481 e. The van der Waals surface area contributed by atoms with E-state index in [1.165, 1.54) is 0 Å². The molecule has 80 valence electrons. The molecule has 0 bridgehead atoms. The number of fused-ring (bicyclic) bond motifs is 1. The molecule has 0 aliphatic carbocycles. The molecule has 0 saturated heterocycles. The third-order valence-electron chi connectivity index (χ3n) is 2.14. The van der Waals surface area contributed by atoms with Gasteiger partial charge in [-0.15, -0.1) is 0 Å². The number of anilines is 1. The van der Waals surface area contributed by atoms with Gasteiger partial charge in [0.15, 0.2) is 0 Å². The van der Waals surface area contributed by atoms with Crippen LogP contribution in [0.25, 0.3) is 0 Å². The van der Waals surface area contributed by atoms with Gasteiger partial charge in [0.2, 0.25) is 10.0 Å². The van der Waals surface area contributed by atoms with E-state index in [4.69, 9.17) is 5.11 Å². The van der Waals surface area contributed by atoms with Crippen molar-refractivity contribution in [2.75, 3.05) is 4.72 Å². The third kappa shape index (κ3) is 2.10. The number of nitrogens with one attached hydrogen (secondary N) is 1. The summed E-state index contributed by atoms with van der Waals surface area (Å²) in [6.45, 7) is 0. The van der Waals surface area contributed by atoms with Crippen LogP contribution in [0.2, 0.25) is 0 Å². The fourth-order valence-corrected chi connectivity index (χ4v) is 2.81. The van der Waals surface area contributed by atoms with Crippen molar-refractivity contribution in [1.29, 1.82) is 0 Å². The number of benzene rings is 1. The summed E-state index contributed by atoms with van der Waals surface area (Å²) in [6.07, 6.45) is -0.0900. The van der Waals surface area contributed by atoms with E-state index in [9.17, 15) is 13.2 Å². The molecule has 0 spiro atoms. The average molecular weight is 227 g/mol. The van der Waals surface area contributed by atoms with Gasteiger partial charge < -0.3 is 5.11 Å². The van der Waals surface area contributed by atoms with Gasteiger partial charge in [0.25, 0.3) is 0 Å². The van der Waals surface area contributed by atoms with Gasteiger partial charge in [0, 0.05) is 0 Å². The van der Waals surface area contributed by atoms with Crippen molar-refractivity contribution in [3.05, 3.63) is 29.3 Å². The van der Waals surface area contributed by atoms with Crippen molar-refractivity contribution >= 4 is 21.7 Å². The van der Waals surface area contributed by atoms with Crippen LogP contribution in [0.4, 0.5) is 5.69 Å². The van der Waals surface area contributed by atoms with Crippen molar-refractivity contribution in [2.24, 2.45) is 0 Å². The van der Waals surface area contributed by atoms with Gasteiger partial charge in [0.05, 0.1) is 17.9 Å². The summed E-state index contributed by atoms with van der Waals surface area (Å²) in [4.78, 5) is 10.5. The van der Waals surface area contributed by atoms with Gasteiger partial charge in [-0.2, -0.15) is 0 Å². The summed E-state index contributed by atoms with van der Waals surface area (Å²) in [7, 11) is -3.25. The summed E-state index contributed by atoms with van der Waals surface area (Å²) in [5.74, 6) is -1.00. The first-order valence-corrected chi connectivity index (χ1v) is 5.95. The second kappa shape index (κ2) is 3.23. The van der Waals surface area contributed by atoms with Gasteiger partial charge in [-0.3, -0.25) is 9.52 Å². The van der Waals surface area contributed by atoms with Crippen LogP contribution in [0.5, 0.6) is 0 Å². The normalized spacial score (nSPS) is 16.8. The summed E-state index contributed by atoms with van der Waals surface area (Å²) in [5.41, 5.74) is 1.79. The van der Waals surface area contributed by atoms with Gasteiger partial charge >= 0.3 is 5.97 Å². The van der Waals surface area contributed by atoms with Crippen molar-refractivity contribution in [2.45, 2.75) is 12.2 Å². The summed E-state index contributed by atoms with van der Waals surface area (Å²) < 4.78 is 24.8. The van der Waals surface area contributed by atoms with Crippen LogP contribution in [-0.4, -0.2) is 19.5 Å². The molecule has 0 aromatic heterocycles. The Morgan fingerprint density at radius 2 is 2.20 bits per heavy atom. The number of hydrogen-bond donors (Lipinski definition) is 2. The quantitative estimate of drug-likeness (QED) is 0.773. The van der Waals surface area contributed by atoms with Gasteiger partial charge in [-0.25, -0.2) is 8.42 Å². The number of rotatable bonds is 2. The van der Waals surface area contributed by atoms with E-state index in [2.05, 4.69) is 4.72 Å². The smallest absolute Gasteiger partial charge is 0.307 e. The van der Waals surface area contributed by atoms with Crippen molar-refractivity contribution in [3.8, 4) is 0 Å². The molecule has 15 heavy (non-hydrogen) atoms. The zero-order valence-corrected chi connectivity index (χ0v) is 8.54. The maximum absolute atomic E-state index is 11.2. The first-order valence-electron chi connectivity index (χ1n) is 4.30. The van der Waals surface area contributed by atoms with Gasteiger partial charge in [0.1, 0.15) is 0 Å². The highest BCUT2D eigenvalue weighted by atomic mass is 32.2. The lowest BCUT2D eigenvalue weighted by molar-refractivity contribution is -0.136. The van der Waals surface area contributed by atoms with Crippen LogP contribution in [0.15, 0.2) is 18.2 Å². The molecule has 0 fully saturated rings. The first kappa shape index (κ1) is 9.97. The first-order chi connectivity index (χ1) is 6.96. The van der Waals surface area contributed by atoms with E-state index in [-0.39, 0.29) is 12.2 Å². The third-order valence-corrected chi connectivity index (χ3v) is 3.36. The number of sulfonamides is 1. The number of hydrogen-bond acceptors (Lipinski definition) is 3. The molecule has 0 amide bonds. The molecular formula is C9H9NO4S. The Morgan fingerprint density at radius 3 is 2.87 bits per heavy atom. The minimum absolute atomic E-state index is 0.0736. The SMILES string of the molecule is O=C(O)Cc1ccc2c(c1)CS(=O)(=O)N2. The Bertz CT molecular complexity index is 521. The van der Waals surface area contributed by atoms with Crippen LogP contribution in [-0.2, 0) is 27.0 Å². The highest BCUT2D eigenvalue weighted by Gasteiger charge is 2.23. The minimum atomic E-state index is -3.25. The van der Waals surface area contributed by atoms with Crippen molar-refractivity contribution < 1.29 is 18.3 Å². The van der Waals surface area contributed by atoms with Crippen LogP contribution in [0.1, 0.15) is 11.1 Å². The molecule has 0 atom stereocenters. The zero-order chi connectivity index (χ0) is 11.1. The Hall–Kier alpha value is -1.56. The summed E-state index contributed by atoms with van der Waals surface area (Å²) in [5, 5.41) is 8.58. The predicted molar refractivity (Wildman–Crippen MR) is 54.0 cm³/mol. The number of carboxylic acids is 1. The monoisotopic (exact) mass is 227 g/mol. The van der Waals surface area contributed by atoms with E-state index in [1.54, 1.807) is 18.2 Å². The molecule has 1 aromatic carbocycles. The van der Waals surface area contributed by atoms with E-state index in [0.717, 1.165) is 0 Å². The molecule has 1 heterocycles. The standard InChI is InChI=1S/C9H9NO4S/c11-9(12)4-6-1-2-8-7(3-6)5-15(13,14)10-8/h1-3,10H,4-5H2,(H,11,12). The van der Waals surface area contributed by atoms with Crippen LogP contribution >= 0.6 is 0 Å². The molecule has 0 saturated carbocycles. The molecule has 6 heteroatoms. The lowest BCUT2D eigenvalue weighted by atomic mass is 10.1. The topological polar surface area (TPSA) is 83.5 Å². The van der Waals surface area contributed by atoms with Gasteiger partial charge in [-0.1, -0.05) is 12.1 Å². The van der Waals surface area contributed by atoms with E-state index >= 15 is 0 Å². The molecule has 0 unspecified atom stereocenters. The van der Waals surface area contributed by atoms with E-state index < -0.39 is 16.0 Å². The number of carboxylic acid groups (broad SMARTS) is 1. The molecular weight excluding hydrogens is 218 g/mol. The zero-order valence-electron chi connectivity index (χ0n) is 7.73. The van der Waals surface area contributed by atoms with E-state index in [0.29, 0.717) is 16.8 Å². The molecule has 1 aliphatic rings. The van der Waals surface area contributed by atoms with Crippen LogP contribution < -0.4 is 4.72 Å². The van der Waals surface area contributed by atoms with Crippen LogP contribution in [0, 0.1) is 0 Å². The highest BCUT2D eigenvalue weighted by molar-refractivity contribution is 7.92. The maximum Gasteiger partial charge on any atom is 0.307 e. The Labute approximate surface area is 86.8 Å². The highest BCUT2D eigenvalue weighted by Crippen LogP contribution is 2.27. The lowest BCUT2D eigenvalue weighted by Gasteiger charge is -2.00. The molecule has 2 N–H and O–H groups in total. The molecule has 0 radical (unpaired) electrons. The molecule has 1 aliphatic heterocycles. The van der Waals surface area contributed by atoms with Crippen molar-refractivity contribution in [1.82, 2.24) is 0 Å². The Kier molecular flexibility index (Phi) is 2.15. The fourth-order valence-electron chi connectivity index (χ4n) is 1.56. The Balaban J connectivity index is 2.34. The molecule has 2 rings (SSSR count). The van der Waals surface area contributed by atoms with Crippen LogP contribution in [0.3, 0.4) is 0 Å².